The van der Waals surface area contributed by atoms with Crippen LogP contribution < -0.4 is 4.90 Å². The van der Waals surface area contributed by atoms with E-state index in [2.05, 4.69) is 22.5 Å². The zero-order valence-corrected chi connectivity index (χ0v) is 14.7. The van der Waals surface area contributed by atoms with Gasteiger partial charge in [-0.1, -0.05) is 36.4 Å². The molecule has 0 heterocycles. The Bertz CT molecular complexity index is 704. The Morgan fingerprint density at radius 3 is 2.59 bits per heavy atom. The highest BCUT2D eigenvalue weighted by Crippen LogP contribution is 2.34. The van der Waals surface area contributed by atoms with E-state index in [4.69, 9.17) is 4.74 Å². The third-order valence-electron chi connectivity index (χ3n) is 3.06. The Morgan fingerprint density at radius 1 is 1.27 bits per heavy atom. The van der Waals surface area contributed by atoms with Crippen molar-refractivity contribution < 1.29 is 9.53 Å². The lowest BCUT2D eigenvalue weighted by Crippen LogP contribution is -2.37. The van der Waals surface area contributed by atoms with E-state index in [9.17, 15) is 4.79 Å². The van der Waals surface area contributed by atoms with Gasteiger partial charge in [0.15, 0.2) is 0 Å². The monoisotopic (exact) mass is 361 g/mol. The van der Waals surface area contributed by atoms with E-state index in [0.29, 0.717) is 6.54 Å². The summed E-state index contributed by atoms with van der Waals surface area (Å²) in [5.41, 5.74) is 0.229. The van der Waals surface area contributed by atoms with Gasteiger partial charge in [-0.15, -0.1) is 6.58 Å². The summed E-state index contributed by atoms with van der Waals surface area (Å²) in [7, 11) is 0. The molecular weight excluding hydrogens is 342 g/mol. The lowest BCUT2D eigenvalue weighted by atomic mass is 10.1. The number of anilines is 1. The summed E-state index contributed by atoms with van der Waals surface area (Å²) in [4.78, 5) is 14.1. The average molecular weight is 362 g/mol. The number of hydrogen-bond acceptors (Lipinski definition) is 2. The van der Waals surface area contributed by atoms with Crippen LogP contribution in [-0.2, 0) is 4.74 Å². The van der Waals surface area contributed by atoms with Crippen molar-refractivity contribution in [2.75, 3.05) is 11.4 Å². The van der Waals surface area contributed by atoms with Crippen molar-refractivity contribution in [1.29, 1.82) is 0 Å². The smallest absolute Gasteiger partial charge is 0.415 e. The zero-order valence-electron chi connectivity index (χ0n) is 13.1. The standard InChI is InChI=1S/C18H20BrNO2/c1-5-12-20(17(21)22-18(2,3)4)15-11-10-13-8-6-7-9-14(13)16(15)19/h5-11H,1,12H2,2-4H3. The lowest BCUT2D eigenvalue weighted by Gasteiger charge is -2.27. The highest BCUT2D eigenvalue weighted by atomic mass is 79.9. The Balaban J connectivity index is 2.46. The molecule has 2 aromatic carbocycles. The molecule has 0 aromatic heterocycles. The van der Waals surface area contributed by atoms with Gasteiger partial charge >= 0.3 is 6.09 Å². The van der Waals surface area contributed by atoms with E-state index in [0.717, 1.165) is 20.9 Å². The molecule has 2 rings (SSSR count). The Hall–Kier alpha value is -1.81. The highest BCUT2D eigenvalue weighted by molar-refractivity contribution is 9.10. The molecule has 0 aliphatic heterocycles. The minimum atomic E-state index is -0.542. The van der Waals surface area contributed by atoms with Crippen molar-refractivity contribution in [2.24, 2.45) is 0 Å². The second-order valence-electron chi connectivity index (χ2n) is 6.00. The molecule has 4 heteroatoms. The number of amides is 1. The Labute approximate surface area is 139 Å². The maximum absolute atomic E-state index is 12.5. The molecule has 116 valence electrons. The molecule has 0 aliphatic carbocycles. The van der Waals surface area contributed by atoms with Gasteiger partial charge in [-0.3, -0.25) is 4.90 Å². The number of halogens is 1. The zero-order chi connectivity index (χ0) is 16.3. The van der Waals surface area contributed by atoms with Gasteiger partial charge in [-0.25, -0.2) is 4.79 Å². The number of hydrogen-bond donors (Lipinski definition) is 0. The van der Waals surface area contributed by atoms with Gasteiger partial charge < -0.3 is 4.74 Å². The van der Waals surface area contributed by atoms with Gasteiger partial charge in [-0.2, -0.15) is 0 Å². The van der Waals surface area contributed by atoms with Crippen LogP contribution in [0.1, 0.15) is 20.8 Å². The quantitative estimate of drug-likeness (QED) is 0.672. The molecule has 0 spiro atoms. The normalized spacial score (nSPS) is 11.3. The summed E-state index contributed by atoms with van der Waals surface area (Å²) < 4.78 is 6.37. The average Bonchev–Trinajstić information content (AvgIpc) is 2.44. The molecule has 0 saturated carbocycles. The van der Waals surface area contributed by atoms with Crippen LogP contribution in [0.15, 0.2) is 53.5 Å². The minimum absolute atomic E-state index is 0.381. The molecule has 22 heavy (non-hydrogen) atoms. The predicted octanol–water partition coefficient (Wildman–Crippen LogP) is 5.53. The van der Waals surface area contributed by atoms with Gasteiger partial charge in [0.2, 0.25) is 0 Å². The number of benzene rings is 2. The van der Waals surface area contributed by atoms with E-state index in [1.165, 1.54) is 0 Å². The number of ether oxygens (including phenoxy) is 1. The van der Waals surface area contributed by atoms with Crippen molar-refractivity contribution in [3.63, 3.8) is 0 Å². The fourth-order valence-electron chi connectivity index (χ4n) is 2.15. The van der Waals surface area contributed by atoms with Crippen LogP contribution in [0.25, 0.3) is 10.8 Å². The fraction of sp³-hybridized carbons (Fsp3) is 0.278. The molecule has 0 radical (unpaired) electrons. The van der Waals surface area contributed by atoms with Crippen molar-refractivity contribution in [1.82, 2.24) is 0 Å². The van der Waals surface area contributed by atoms with Crippen molar-refractivity contribution in [3.8, 4) is 0 Å². The van der Waals surface area contributed by atoms with Gasteiger partial charge in [0.25, 0.3) is 0 Å². The summed E-state index contributed by atoms with van der Waals surface area (Å²) in [6, 6.07) is 11.9. The van der Waals surface area contributed by atoms with E-state index in [1.54, 1.807) is 11.0 Å². The first kappa shape index (κ1) is 16.6. The third kappa shape index (κ3) is 3.69. The first-order valence-electron chi connectivity index (χ1n) is 7.12. The molecule has 0 atom stereocenters. The summed E-state index contributed by atoms with van der Waals surface area (Å²) in [5, 5.41) is 2.17. The number of rotatable bonds is 3. The molecule has 0 bridgehead atoms. The van der Waals surface area contributed by atoms with E-state index < -0.39 is 5.60 Å². The van der Waals surface area contributed by atoms with Crippen LogP contribution in [0, 0.1) is 0 Å². The van der Waals surface area contributed by atoms with E-state index in [-0.39, 0.29) is 6.09 Å². The number of nitrogens with zero attached hydrogens (tertiary/aromatic N) is 1. The predicted molar refractivity (Wildman–Crippen MR) is 95.4 cm³/mol. The van der Waals surface area contributed by atoms with E-state index >= 15 is 0 Å². The highest BCUT2D eigenvalue weighted by Gasteiger charge is 2.24. The maximum atomic E-state index is 12.5. The van der Waals surface area contributed by atoms with E-state index in [1.807, 2.05) is 57.2 Å². The first-order valence-corrected chi connectivity index (χ1v) is 7.91. The summed E-state index contributed by atoms with van der Waals surface area (Å²) in [6.07, 6.45) is 1.30. The van der Waals surface area contributed by atoms with Crippen LogP contribution in [-0.4, -0.2) is 18.2 Å². The molecule has 0 unspecified atom stereocenters. The second kappa shape index (κ2) is 6.53. The largest absolute Gasteiger partial charge is 0.443 e. The van der Waals surface area contributed by atoms with Gasteiger partial charge in [0.1, 0.15) is 5.60 Å². The van der Waals surface area contributed by atoms with Gasteiger partial charge in [-0.05, 0) is 53.5 Å². The van der Waals surface area contributed by atoms with Crippen molar-refractivity contribution in [2.45, 2.75) is 26.4 Å². The third-order valence-corrected chi connectivity index (χ3v) is 3.89. The van der Waals surface area contributed by atoms with Crippen LogP contribution in [0.5, 0.6) is 0 Å². The molecular formula is C18H20BrNO2. The molecule has 0 fully saturated rings. The summed E-state index contributed by atoms with van der Waals surface area (Å²) >= 11 is 3.62. The van der Waals surface area contributed by atoms with Crippen molar-refractivity contribution in [3.05, 3.63) is 53.5 Å². The molecule has 0 N–H and O–H groups in total. The minimum Gasteiger partial charge on any atom is -0.443 e. The Morgan fingerprint density at radius 2 is 1.95 bits per heavy atom. The molecule has 1 amide bonds. The summed E-state index contributed by atoms with van der Waals surface area (Å²) in [5.74, 6) is 0. The van der Waals surface area contributed by atoms with Crippen LogP contribution in [0.2, 0.25) is 0 Å². The topological polar surface area (TPSA) is 29.5 Å². The summed E-state index contributed by atoms with van der Waals surface area (Å²) in [6.45, 7) is 9.67. The first-order chi connectivity index (χ1) is 10.3. The van der Waals surface area contributed by atoms with Crippen LogP contribution >= 0.6 is 15.9 Å². The number of carbonyl (C=O) groups is 1. The molecule has 0 aliphatic rings. The second-order valence-corrected chi connectivity index (χ2v) is 6.79. The maximum Gasteiger partial charge on any atom is 0.415 e. The van der Waals surface area contributed by atoms with Gasteiger partial charge in [0.05, 0.1) is 5.69 Å². The fourth-order valence-corrected chi connectivity index (χ4v) is 2.86. The molecule has 3 nitrogen and oxygen atoms in total. The van der Waals surface area contributed by atoms with Gasteiger partial charge in [0, 0.05) is 11.0 Å². The number of carbonyl (C=O) groups excluding carboxylic acids is 1. The lowest BCUT2D eigenvalue weighted by molar-refractivity contribution is 0.0584. The number of fused-ring (bicyclic) bond motifs is 1. The molecule has 2 aromatic rings. The Kier molecular flexibility index (Phi) is 4.91. The van der Waals surface area contributed by atoms with Crippen molar-refractivity contribution >= 4 is 38.5 Å². The SMILES string of the molecule is C=CCN(C(=O)OC(C)(C)C)c1ccc2ccccc2c1Br. The van der Waals surface area contributed by atoms with Crippen LogP contribution in [0.4, 0.5) is 10.5 Å². The molecule has 0 saturated heterocycles. The van der Waals surface area contributed by atoms with Crippen LogP contribution in [0.3, 0.4) is 0 Å².